The third kappa shape index (κ3) is 15.3. The Morgan fingerprint density at radius 1 is 0.875 bits per heavy atom. The largest absolute Gasteiger partial charge is 0.481 e. The van der Waals surface area contributed by atoms with E-state index in [-0.39, 0.29) is 6.42 Å². The number of rotatable bonds is 14. The molecule has 0 heterocycles. The van der Waals surface area contributed by atoms with E-state index in [1.807, 2.05) is 30.4 Å². The summed E-state index contributed by atoms with van der Waals surface area (Å²) in [5.74, 6) is -0.759. The predicted octanol–water partition coefficient (Wildman–Crippen LogP) is 4.16. The van der Waals surface area contributed by atoms with Crippen LogP contribution in [0.3, 0.4) is 0 Å². The molecule has 0 amide bonds. The molecule has 0 aromatic heterocycles. The highest BCUT2D eigenvalue weighted by Gasteiger charge is 2.07. The van der Waals surface area contributed by atoms with Crippen LogP contribution < -0.4 is 0 Å². The van der Waals surface area contributed by atoms with E-state index in [0.29, 0.717) is 6.42 Å². The van der Waals surface area contributed by atoms with Crippen molar-refractivity contribution in [1.29, 1.82) is 0 Å². The molecule has 2 atom stereocenters. The van der Waals surface area contributed by atoms with Crippen molar-refractivity contribution in [3.8, 4) is 0 Å². The molecule has 0 bridgehead atoms. The molecule has 0 unspecified atom stereocenters. The van der Waals surface area contributed by atoms with Crippen molar-refractivity contribution < 1.29 is 20.1 Å². The van der Waals surface area contributed by atoms with Crippen LogP contribution in [-0.4, -0.2) is 33.5 Å². The van der Waals surface area contributed by atoms with Crippen LogP contribution in [0.1, 0.15) is 58.3 Å². The number of aliphatic hydroxyl groups excluding tert-OH is 2. The van der Waals surface area contributed by atoms with Crippen LogP contribution in [0.4, 0.5) is 0 Å². The number of hydrogen-bond acceptors (Lipinski definition) is 3. The first-order chi connectivity index (χ1) is 11.6. The molecule has 0 spiro atoms. The Hall–Kier alpha value is -1.65. The number of carboxylic acids is 1. The highest BCUT2D eigenvalue weighted by Crippen LogP contribution is 2.03. The monoisotopic (exact) mass is 336 g/mol. The summed E-state index contributed by atoms with van der Waals surface area (Å²) in [4.78, 5) is 10.3. The van der Waals surface area contributed by atoms with Crippen LogP contribution in [0.2, 0.25) is 0 Å². The number of aliphatic hydroxyl groups is 2. The number of carbonyl (C=O) groups is 1. The number of unbranched alkanes of at least 4 members (excludes halogenated alkanes) is 4. The SMILES string of the molecule is CCCCC/C=C/[C@@H](O)[C@H](O)/C=C\C=C/C/C=C\CCCC(=O)O. The molecule has 4 heteroatoms. The maximum absolute atomic E-state index is 10.3. The van der Waals surface area contributed by atoms with Crippen molar-refractivity contribution in [1.82, 2.24) is 0 Å². The Labute approximate surface area is 145 Å². The summed E-state index contributed by atoms with van der Waals surface area (Å²) in [5.41, 5.74) is 0. The quantitative estimate of drug-likeness (QED) is 0.253. The molecule has 0 aliphatic carbocycles. The standard InChI is InChI=1S/C20H32O4/c1-2-3-4-9-12-15-18(21)19(22)16-13-10-7-5-6-8-11-14-17-20(23)24/h6-8,10,12-13,15-16,18-19,21-22H,2-5,9,11,14,17H2,1H3,(H,23,24)/b8-6-,10-7-,15-12+,16-13-/t18-,19-/m1/s1. The Morgan fingerprint density at radius 2 is 1.58 bits per heavy atom. The Morgan fingerprint density at radius 3 is 2.29 bits per heavy atom. The van der Waals surface area contributed by atoms with E-state index in [0.717, 1.165) is 25.7 Å². The Bertz CT molecular complexity index is 421. The molecule has 0 aliphatic rings. The Kier molecular flexibility index (Phi) is 15.1. The molecule has 0 rings (SSSR count). The molecule has 24 heavy (non-hydrogen) atoms. The zero-order valence-corrected chi connectivity index (χ0v) is 14.7. The number of carboxylic acid groups (broad SMARTS) is 1. The molecule has 0 saturated heterocycles. The van der Waals surface area contributed by atoms with E-state index < -0.39 is 18.2 Å². The van der Waals surface area contributed by atoms with Crippen molar-refractivity contribution in [2.24, 2.45) is 0 Å². The summed E-state index contributed by atoms with van der Waals surface area (Å²) in [6.45, 7) is 2.15. The number of aliphatic carboxylic acids is 1. The molecule has 4 nitrogen and oxygen atoms in total. The molecule has 0 radical (unpaired) electrons. The lowest BCUT2D eigenvalue weighted by molar-refractivity contribution is -0.137. The fourth-order valence-corrected chi connectivity index (χ4v) is 1.97. The lowest BCUT2D eigenvalue weighted by Gasteiger charge is -2.09. The average molecular weight is 336 g/mol. The minimum absolute atomic E-state index is 0.205. The molecule has 0 aromatic rings. The van der Waals surface area contributed by atoms with E-state index in [9.17, 15) is 15.0 Å². The van der Waals surface area contributed by atoms with Crippen LogP contribution in [-0.2, 0) is 4.79 Å². The third-order valence-electron chi connectivity index (χ3n) is 3.41. The summed E-state index contributed by atoms with van der Waals surface area (Å²) in [6, 6.07) is 0. The van der Waals surface area contributed by atoms with Gasteiger partial charge in [0.15, 0.2) is 0 Å². The summed E-state index contributed by atoms with van der Waals surface area (Å²) in [6.07, 6.45) is 19.6. The van der Waals surface area contributed by atoms with Gasteiger partial charge in [-0.3, -0.25) is 4.79 Å². The zero-order chi connectivity index (χ0) is 18.0. The van der Waals surface area contributed by atoms with Crippen LogP contribution >= 0.6 is 0 Å². The van der Waals surface area contributed by atoms with Crippen molar-refractivity contribution >= 4 is 5.97 Å². The van der Waals surface area contributed by atoms with Gasteiger partial charge in [0.2, 0.25) is 0 Å². The molecular formula is C20H32O4. The minimum Gasteiger partial charge on any atom is -0.481 e. The van der Waals surface area contributed by atoms with E-state index in [2.05, 4.69) is 6.92 Å². The van der Waals surface area contributed by atoms with Gasteiger partial charge in [-0.2, -0.15) is 0 Å². The molecule has 3 N–H and O–H groups in total. The van der Waals surface area contributed by atoms with Crippen molar-refractivity contribution in [2.45, 2.75) is 70.5 Å². The minimum atomic E-state index is -0.899. The van der Waals surface area contributed by atoms with Crippen LogP contribution in [0.15, 0.2) is 48.6 Å². The van der Waals surface area contributed by atoms with Crippen molar-refractivity contribution in [2.75, 3.05) is 0 Å². The van der Waals surface area contributed by atoms with E-state index >= 15 is 0 Å². The van der Waals surface area contributed by atoms with Gasteiger partial charge in [0.1, 0.15) is 12.2 Å². The summed E-state index contributed by atoms with van der Waals surface area (Å²) in [7, 11) is 0. The fraction of sp³-hybridized carbons (Fsp3) is 0.550. The van der Waals surface area contributed by atoms with Gasteiger partial charge in [-0.05, 0) is 32.1 Å². The van der Waals surface area contributed by atoms with Gasteiger partial charge in [0.05, 0.1) is 0 Å². The first-order valence-electron chi connectivity index (χ1n) is 8.80. The van der Waals surface area contributed by atoms with Gasteiger partial charge >= 0.3 is 5.97 Å². The van der Waals surface area contributed by atoms with Gasteiger partial charge in [-0.25, -0.2) is 0 Å². The van der Waals surface area contributed by atoms with Crippen LogP contribution in [0, 0.1) is 0 Å². The lowest BCUT2D eigenvalue weighted by atomic mass is 10.1. The second-order valence-electron chi connectivity index (χ2n) is 5.71. The predicted molar refractivity (Wildman–Crippen MR) is 98.8 cm³/mol. The summed E-state index contributed by atoms with van der Waals surface area (Å²) < 4.78 is 0. The Balaban J connectivity index is 3.82. The maximum Gasteiger partial charge on any atom is 0.303 e. The lowest BCUT2D eigenvalue weighted by Crippen LogP contribution is -2.20. The van der Waals surface area contributed by atoms with E-state index in [1.165, 1.54) is 12.8 Å². The van der Waals surface area contributed by atoms with Crippen LogP contribution in [0.5, 0.6) is 0 Å². The molecule has 0 saturated carbocycles. The van der Waals surface area contributed by atoms with E-state index in [1.54, 1.807) is 18.2 Å². The van der Waals surface area contributed by atoms with Crippen molar-refractivity contribution in [3.63, 3.8) is 0 Å². The smallest absolute Gasteiger partial charge is 0.303 e. The topological polar surface area (TPSA) is 77.8 Å². The normalized spacial score (nSPS) is 15.1. The van der Waals surface area contributed by atoms with Gasteiger partial charge in [-0.1, -0.05) is 68.4 Å². The zero-order valence-electron chi connectivity index (χ0n) is 14.7. The third-order valence-corrected chi connectivity index (χ3v) is 3.41. The molecule has 0 aromatic carbocycles. The summed E-state index contributed by atoms with van der Waals surface area (Å²) >= 11 is 0. The van der Waals surface area contributed by atoms with Gasteiger partial charge in [0, 0.05) is 6.42 Å². The highest BCUT2D eigenvalue weighted by molar-refractivity contribution is 5.66. The number of allylic oxidation sites excluding steroid dienone is 6. The maximum atomic E-state index is 10.3. The molecule has 0 fully saturated rings. The summed E-state index contributed by atoms with van der Waals surface area (Å²) in [5, 5.41) is 28.0. The van der Waals surface area contributed by atoms with Gasteiger partial charge in [0.25, 0.3) is 0 Å². The highest BCUT2D eigenvalue weighted by atomic mass is 16.4. The van der Waals surface area contributed by atoms with Gasteiger partial charge in [-0.15, -0.1) is 0 Å². The molecular weight excluding hydrogens is 304 g/mol. The fourth-order valence-electron chi connectivity index (χ4n) is 1.97. The average Bonchev–Trinajstić information content (AvgIpc) is 2.55. The van der Waals surface area contributed by atoms with Crippen molar-refractivity contribution in [3.05, 3.63) is 48.6 Å². The molecule has 0 aliphatic heterocycles. The second kappa shape index (κ2) is 16.2. The first kappa shape index (κ1) is 22.4. The molecule has 136 valence electrons. The second-order valence-corrected chi connectivity index (χ2v) is 5.71. The van der Waals surface area contributed by atoms with Crippen LogP contribution in [0.25, 0.3) is 0 Å². The van der Waals surface area contributed by atoms with E-state index in [4.69, 9.17) is 5.11 Å². The number of hydrogen-bond donors (Lipinski definition) is 3. The van der Waals surface area contributed by atoms with Gasteiger partial charge < -0.3 is 15.3 Å². The first-order valence-corrected chi connectivity index (χ1v) is 8.80.